The van der Waals surface area contributed by atoms with Crippen LogP contribution in [0.25, 0.3) is 0 Å². The molecule has 24 heavy (non-hydrogen) atoms. The molecule has 1 atom stereocenters. The molecular weight excluding hydrogens is 459 g/mol. The van der Waals surface area contributed by atoms with Crippen molar-refractivity contribution in [3.05, 3.63) is 44.7 Å². The second-order valence-corrected chi connectivity index (χ2v) is 9.13. The first-order valence-electron chi connectivity index (χ1n) is 7.47. The summed E-state index contributed by atoms with van der Waals surface area (Å²) < 4.78 is 8.23. The molecule has 0 saturated heterocycles. The van der Waals surface area contributed by atoms with Gasteiger partial charge in [-0.2, -0.15) is 5.10 Å². The van der Waals surface area contributed by atoms with Crippen LogP contribution in [0.15, 0.2) is 35.4 Å². The molecule has 7 heteroatoms. The Morgan fingerprint density at radius 2 is 2.00 bits per heavy atom. The Bertz CT molecular complexity index is 710. The van der Waals surface area contributed by atoms with E-state index < -0.39 is 5.60 Å². The molecule has 1 aromatic heterocycles. The quantitative estimate of drug-likeness (QED) is 0.354. The SMILES string of the molecule is Cn1cc(SC(Cc2ccc(Cl)cc2)C(=O)OC(C)(C)C)c(I)n1. The van der Waals surface area contributed by atoms with Crippen LogP contribution in [-0.2, 0) is 23.0 Å². The van der Waals surface area contributed by atoms with Gasteiger partial charge in [-0.15, -0.1) is 11.8 Å². The van der Waals surface area contributed by atoms with Gasteiger partial charge in [-0.1, -0.05) is 23.7 Å². The Labute approximate surface area is 165 Å². The molecule has 0 saturated carbocycles. The Morgan fingerprint density at radius 3 is 2.50 bits per heavy atom. The van der Waals surface area contributed by atoms with Gasteiger partial charge in [0, 0.05) is 18.3 Å². The molecule has 0 amide bonds. The van der Waals surface area contributed by atoms with Crippen molar-refractivity contribution in [2.24, 2.45) is 7.05 Å². The molecule has 1 aromatic carbocycles. The van der Waals surface area contributed by atoms with E-state index in [0.29, 0.717) is 11.4 Å². The minimum atomic E-state index is -0.516. The number of thioether (sulfide) groups is 1. The number of esters is 1. The summed E-state index contributed by atoms with van der Waals surface area (Å²) in [6.45, 7) is 5.63. The molecule has 2 rings (SSSR count). The van der Waals surface area contributed by atoms with Gasteiger partial charge < -0.3 is 4.74 Å². The number of rotatable bonds is 5. The molecule has 2 aromatic rings. The van der Waals surface area contributed by atoms with E-state index in [9.17, 15) is 4.79 Å². The standard InChI is InChI=1S/C17H20ClIN2O2S/c1-17(2,3)23-16(22)13(9-11-5-7-12(18)8-6-11)24-14-10-21(4)20-15(14)19/h5-8,10,13H,9H2,1-4H3. The van der Waals surface area contributed by atoms with E-state index in [1.165, 1.54) is 11.8 Å². The summed E-state index contributed by atoms with van der Waals surface area (Å²) in [5.41, 5.74) is 0.527. The van der Waals surface area contributed by atoms with E-state index in [4.69, 9.17) is 16.3 Å². The molecule has 4 nitrogen and oxygen atoms in total. The van der Waals surface area contributed by atoms with Gasteiger partial charge in [-0.05, 0) is 67.5 Å². The van der Waals surface area contributed by atoms with Crippen LogP contribution in [-0.4, -0.2) is 26.6 Å². The van der Waals surface area contributed by atoms with E-state index >= 15 is 0 Å². The number of aryl methyl sites for hydroxylation is 1. The van der Waals surface area contributed by atoms with Gasteiger partial charge in [0.25, 0.3) is 0 Å². The van der Waals surface area contributed by atoms with Gasteiger partial charge in [0.1, 0.15) is 14.6 Å². The first-order valence-corrected chi connectivity index (χ1v) is 9.81. The van der Waals surface area contributed by atoms with Crippen molar-refractivity contribution in [3.63, 3.8) is 0 Å². The zero-order chi connectivity index (χ0) is 17.9. The van der Waals surface area contributed by atoms with Crippen LogP contribution in [0.4, 0.5) is 0 Å². The summed E-state index contributed by atoms with van der Waals surface area (Å²) in [7, 11) is 1.87. The summed E-state index contributed by atoms with van der Waals surface area (Å²) in [5.74, 6) is -0.220. The zero-order valence-corrected chi connectivity index (χ0v) is 17.8. The molecule has 0 bridgehead atoms. The van der Waals surface area contributed by atoms with Crippen molar-refractivity contribution in [3.8, 4) is 0 Å². The Balaban J connectivity index is 2.21. The lowest BCUT2D eigenvalue weighted by Crippen LogP contribution is -2.31. The molecule has 0 aliphatic heterocycles. The van der Waals surface area contributed by atoms with Crippen molar-refractivity contribution in [2.75, 3.05) is 0 Å². The van der Waals surface area contributed by atoms with Crippen molar-refractivity contribution < 1.29 is 9.53 Å². The first-order chi connectivity index (χ1) is 11.1. The lowest BCUT2D eigenvalue weighted by atomic mass is 10.1. The third-order valence-corrected chi connectivity index (χ3v) is 5.64. The van der Waals surface area contributed by atoms with Gasteiger partial charge in [-0.3, -0.25) is 9.48 Å². The number of hydrogen-bond acceptors (Lipinski definition) is 4. The van der Waals surface area contributed by atoms with E-state index in [0.717, 1.165) is 14.2 Å². The summed E-state index contributed by atoms with van der Waals surface area (Å²) in [5, 5.41) is 4.67. The van der Waals surface area contributed by atoms with Crippen molar-refractivity contribution in [1.29, 1.82) is 0 Å². The molecule has 1 heterocycles. The van der Waals surface area contributed by atoms with Crippen LogP contribution in [0.5, 0.6) is 0 Å². The minimum absolute atomic E-state index is 0.220. The molecule has 0 aliphatic rings. The van der Waals surface area contributed by atoms with Gasteiger partial charge in [-0.25, -0.2) is 0 Å². The summed E-state index contributed by atoms with van der Waals surface area (Å²) in [6.07, 6.45) is 2.49. The Hall–Kier alpha value is -0.730. The maximum atomic E-state index is 12.7. The Morgan fingerprint density at radius 1 is 1.38 bits per heavy atom. The third-order valence-electron chi connectivity index (χ3n) is 3.03. The number of benzene rings is 1. The summed E-state index contributed by atoms with van der Waals surface area (Å²) in [4.78, 5) is 13.6. The molecule has 0 spiro atoms. The van der Waals surface area contributed by atoms with E-state index in [2.05, 4.69) is 27.7 Å². The molecule has 0 N–H and O–H groups in total. The number of ether oxygens (including phenoxy) is 1. The van der Waals surface area contributed by atoms with Crippen LogP contribution >= 0.6 is 46.0 Å². The highest BCUT2D eigenvalue weighted by atomic mass is 127. The highest BCUT2D eigenvalue weighted by Crippen LogP contribution is 2.31. The molecule has 0 aliphatic carbocycles. The topological polar surface area (TPSA) is 44.1 Å². The lowest BCUT2D eigenvalue weighted by molar-refractivity contribution is -0.154. The second kappa shape index (κ2) is 8.10. The smallest absolute Gasteiger partial charge is 0.320 e. The number of nitrogens with zero attached hydrogens (tertiary/aromatic N) is 2. The molecule has 1 unspecified atom stereocenters. The lowest BCUT2D eigenvalue weighted by Gasteiger charge is -2.23. The predicted molar refractivity (Wildman–Crippen MR) is 107 cm³/mol. The molecule has 0 radical (unpaired) electrons. The fraction of sp³-hybridized carbons (Fsp3) is 0.412. The predicted octanol–water partition coefficient (Wildman–Crippen LogP) is 4.72. The minimum Gasteiger partial charge on any atom is -0.459 e. The van der Waals surface area contributed by atoms with Gasteiger partial charge in [0.2, 0.25) is 0 Å². The van der Waals surface area contributed by atoms with Crippen molar-refractivity contribution in [1.82, 2.24) is 9.78 Å². The number of aromatic nitrogens is 2. The van der Waals surface area contributed by atoms with Crippen LogP contribution in [0, 0.1) is 3.70 Å². The van der Waals surface area contributed by atoms with E-state index in [1.807, 2.05) is 58.3 Å². The van der Waals surface area contributed by atoms with E-state index in [-0.39, 0.29) is 11.2 Å². The van der Waals surface area contributed by atoms with Crippen LogP contribution < -0.4 is 0 Å². The van der Waals surface area contributed by atoms with Crippen molar-refractivity contribution >= 4 is 51.9 Å². The van der Waals surface area contributed by atoms with Gasteiger partial charge in [0.05, 0.1) is 4.90 Å². The fourth-order valence-corrected chi connectivity index (χ4v) is 4.11. The third kappa shape index (κ3) is 5.97. The van der Waals surface area contributed by atoms with Gasteiger partial charge >= 0.3 is 5.97 Å². The van der Waals surface area contributed by atoms with Gasteiger partial charge in [0.15, 0.2) is 0 Å². The highest BCUT2D eigenvalue weighted by Gasteiger charge is 2.27. The monoisotopic (exact) mass is 478 g/mol. The number of carbonyl (C=O) groups is 1. The van der Waals surface area contributed by atoms with E-state index in [1.54, 1.807) is 4.68 Å². The maximum absolute atomic E-state index is 12.7. The van der Waals surface area contributed by atoms with Crippen LogP contribution in [0.2, 0.25) is 5.02 Å². The van der Waals surface area contributed by atoms with Crippen LogP contribution in [0.3, 0.4) is 0 Å². The second-order valence-electron chi connectivity index (χ2n) is 6.43. The first kappa shape index (κ1) is 19.6. The zero-order valence-electron chi connectivity index (χ0n) is 14.0. The summed E-state index contributed by atoms with van der Waals surface area (Å²) in [6, 6.07) is 7.55. The normalized spacial score (nSPS) is 12.9. The average Bonchev–Trinajstić information content (AvgIpc) is 2.76. The molecule has 130 valence electrons. The van der Waals surface area contributed by atoms with Crippen molar-refractivity contribution in [2.45, 2.75) is 42.9 Å². The molecule has 0 fully saturated rings. The number of halogens is 2. The Kier molecular flexibility index (Phi) is 6.61. The van der Waals surface area contributed by atoms with Crippen LogP contribution in [0.1, 0.15) is 26.3 Å². The summed E-state index contributed by atoms with van der Waals surface area (Å²) >= 11 is 9.61. The number of hydrogen-bond donors (Lipinski definition) is 0. The fourth-order valence-electron chi connectivity index (χ4n) is 2.05. The maximum Gasteiger partial charge on any atom is 0.320 e. The average molecular weight is 479 g/mol. The largest absolute Gasteiger partial charge is 0.459 e. The highest BCUT2D eigenvalue weighted by molar-refractivity contribution is 14.1. The number of carbonyl (C=O) groups excluding carboxylic acids is 1. The molecular formula is C17H20ClIN2O2S.